The van der Waals surface area contributed by atoms with Gasteiger partial charge < -0.3 is 15.0 Å². The number of nitrogens with zero attached hydrogens (tertiary/aromatic N) is 5. The Hall–Kier alpha value is -4.77. The highest BCUT2D eigenvalue weighted by atomic mass is 32.1. The summed E-state index contributed by atoms with van der Waals surface area (Å²) in [6, 6.07) is 6.29. The van der Waals surface area contributed by atoms with Crippen molar-refractivity contribution in [2.75, 3.05) is 23.5 Å². The van der Waals surface area contributed by atoms with Crippen LogP contribution in [0.3, 0.4) is 0 Å². The van der Waals surface area contributed by atoms with Crippen LogP contribution in [-0.4, -0.2) is 45.5 Å². The van der Waals surface area contributed by atoms with Crippen LogP contribution >= 0.6 is 12.2 Å². The predicted octanol–water partition coefficient (Wildman–Crippen LogP) is 3.98. The van der Waals surface area contributed by atoms with E-state index in [2.05, 4.69) is 10.3 Å². The minimum absolute atomic E-state index is 0.00522. The van der Waals surface area contributed by atoms with Gasteiger partial charge in [0.25, 0.3) is 17.7 Å². The maximum absolute atomic E-state index is 15.5. The lowest BCUT2D eigenvalue weighted by molar-refractivity contribution is -0.122. The maximum atomic E-state index is 15.5. The van der Waals surface area contributed by atoms with Gasteiger partial charge in [0, 0.05) is 24.9 Å². The molecule has 0 radical (unpaired) electrons. The first-order valence-electron chi connectivity index (χ1n) is 13.1. The molecule has 224 valence electrons. The lowest BCUT2D eigenvalue weighted by atomic mass is 9.99. The fraction of sp³-hybridized carbons (Fsp3) is 0.310. The Morgan fingerprint density at radius 3 is 2.56 bits per heavy atom. The third-order valence-electron chi connectivity index (χ3n) is 6.90. The van der Waals surface area contributed by atoms with E-state index in [1.807, 2.05) is 0 Å². The fourth-order valence-corrected chi connectivity index (χ4v) is 5.25. The number of rotatable bonds is 8. The van der Waals surface area contributed by atoms with E-state index in [0.717, 1.165) is 27.5 Å². The lowest BCUT2D eigenvalue weighted by Crippen LogP contribution is -2.44. The number of aromatic nitrogens is 2. The van der Waals surface area contributed by atoms with Crippen molar-refractivity contribution in [1.29, 1.82) is 5.26 Å². The largest absolute Gasteiger partial charge is 0.476 e. The zero-order valence-corrected chi connectivity index (χ0v) is 24.7. The summed E-state index contributed by atoms with van der Waals surface area (Å²) in [6.07, 6.45) is 3.22. The minimum atomic E-state index is -3.51. The number of carbonyl (C=O) groups is 2. The first kappa shape index (κ1) is 31.2. The van der Waals surface area contributed by atoms with E-state index in [0.29, 0.717) is 6.08 Å². The molecule has 0 saturated carbocycles. The number of aryl methyl sites for hydroxylation is 1. The molecule has 0 bridgehead atoms. The smallest absolute Gasteiger partial charge is 0.300 e. The third-order valence-corrected chi connectivity index (χ3v) is 7.26. The van der Waals surface area contributed by atoms with Crippen LogP contribution in [0.5, 0.6) is 5.75 Å². The Morgan fingerprint density at radius 1 is 1.26 bits per heavy atom. The van der Waals surface area contributed by atoms with Crippen LogP contribution < -0.4 is 25.4 Å². The Labute approximate surface area is 250 Å². The number of benzene rings is 1. The van der Waals surface area contributed by atoms with Gasteiger partial charge in [0.2, 0.25) is 5.75 Å². The normalized spacial score (nSPS) is 15.0. The van der Waals surface area contributed by atoms with E-state index in [1.165, 1.54) is 51.0 Å². The van der Waals surface area contributed by atoms with Crippen molar-refractivity contribution in [3.8, 4) is 11.8 Å². The molecule has 1 aromatic carbocycles. The standard InChI is InChI=1S/C29H27F3N6O4S/c1-6-10-29(31,32)19-11-17(9-8-16(19)13-33)37-26(41)28(3,4)38(27(37)43)18-12-20(30)24-35-21(7-2)23(25(40)36(24)14-18)42-15-22(39)34-5/h6,8-12,14H,7,15H2,1-5H3,(H,34,39)/b10-6+. The molecule has 2 aromatic heterocycles. The topological polar surface area (TPSA) is 120 Å². The van der Waals surface area contributed by atoms with E-state index in [1.54, 1.807) is 13.0 Å². The summed E-state index contributed by atoms with van der Waals surface area (Å²) >= 11 is 5.62. The average Bonchev–Trinajstić information content (AvgIpc) is 3.14. The molecule has 1 fully saturated rings. The van der Waals surface area contributed by atoms with Crippen LogP contribution in [0.2, 0.25) is 0 Å². The van der Waals surface area contributed by atoms with Gasteiger partial charge in [-0.25, -0.2) is 9.37 Å². The molecule has 1 aliphatic rings. The zero-order valence-electron chi connectivity index (χ0n) is 23.9. The van der Waals surface area contributed by atoms with Gasteiger partial charge in [0.1, 0.15) is 5.54 Å². The van der Waals surface area contributed by atoms with Crippen LogP contribution in [0.1, 0.15) is 44.5 Å². The molecule has 43 heavy (non-hydrogen) atoms. The number of likely N-dealkylation sites (N-methyl/N-ethyl adjacent to an activating group) is 1. The minimum Gasteiger partial charge on any atom is -0.476 e. The number of halogens is 3. The van der Waals surface area contributed by atoms with Crippen molar-refractivity contribution >= 4 is 46.2 Å². The van der Waals surface area contributed by atoms with Crippen LogP contribution in [0.4, 0.5) is 24.5 Å². The SMILES string of the molecule is C/C=C/C(F)(F)c1cc(N2C(=O)C(C)(C)N(c3cc(F)c4nc(CC)c(OCC(=O)NC)c(=O)n4c3)C2=S)ccc1C#N. The monoisotopic (exact) mass is 612 g/mol. The molecular formula is C29H27F3N6O4S. The van der Waals surface area contributed by atoms with Gasteiger partial charge in [-0.1, -0.05) is 13.0 Å². The molecule has 10 nitrogen and oxygen atoms in total. The second kappa shape index (κ2) is 11.5. The Balaban J connectivity index is 1.86. The maximum Gasteiger partial charge on any atom is 0.300 e. The Bertz CT molecular complexity index is 1800. The summed E-state index contributed by atoms with van der Waals surface area (Å²) in [5.74, 6) is -5.78. The van der Waals surface area contributed by atoms with Crippen LogP contribution in [0, 0.1) is 17.1 Å². The number of nitriles is 1. The number of allylic oxidation sites excluding steroid dienone is 2. The van der Waals surface area contributed by atoms with Crippen LogP contribution in [-0.2, 0) is 21.9 Å². The number of alkyl halides is 2. The molecule has 0 spiro atoms. The second-order valence-corrected chi connectivity index (χ2v) is 10.4. The van der Waals surface area contributed by atoms with Gasteiger partial charge in [-0.05, 0) is 63.7 Å². The molecule has 3 heterocycles. The van der Waals surface area contributed by atoms with Crippen LogP contribution in [0.25, 0.3) is 5.65 Å². The van der Waals surface area contributed by atoms with E-state index in [-0.39, 0.29) is 45.6 Å². The molecule has 0 atom stereocenters. The fourth-order valence-electron chi connectivity index (χ4n) is 4.73. The molecule has 0 unspecified atom stereocenters. The van der Waals surface area contributed by atoms with Crippen molar-refractivity contribution in [3.05, 3.63) is 75.6 Å². The second-order valence-electron chi connectivity index (χ2n) is 10.0. The number of anilines is 2. The van der Waals surface area contributed by atoms with Gasteiger partial charge in [0.15, 0.2) is 23.2 Å². The van der Waals surface area contributed by atoms with Crippen molar-refractivity contribution in [2.24, 2.45) is 0 Å². The zero-order chi connectivity index (χ0) is 31.9. The summed E-state index contributed by atoms with van der Waals surface area (Å²) < 4.78 is 51.6. The summed E-state index contributed by atoms with van der Waals surface area (Å²) in [5, 5.41) is 11.6. The summed E-state index contributed by atoms with van der Waals surface area (Å²) in [7, 11) is 1.40. The Morgan fingerprint density at radius 2 is 1.95 bits per heavy atom. The van der Waals surface area contributed by atoms with Crippen molar-refractivity contribution in [2.45, 2.75) is 45.6 Å². The molecule has 1 aliphatic heterocycles. The van der Waals surface area contributed by atoms with Crippen molar-refractivity contribution in [3.63, 3.8) is 0 Å². The molecule has 3 aromatic rings. The van der Waals surface area contributed by atoms with Gasteiger partial charge in [-0.2, -0.15) is 14.0 Å². The van der Waals surface area contributed by atoms with Gasteiger partial charge in [0.05, 0.1) is 28.7 Å². The number of hydrogen-bond acceptors (Lipinski definition) is 7. The lowest BCUT2D eigenvalue weighted by Gasteiger charge is -2.29. The number of ether oxygens (including phenoxy) is 1. The highest BCUT2D eigenvalue weighted by molar-refractivity contribution is 7.81. The van der Waals surface area contributed by atoms with E-state index in [9.17, 15) is 28.4 Å². The third kappa shape index (κ3) is 5.32. The van der Waals surface area contributed by atoms with Crippen molar-refractivity contribution < 1.29 is 27.5 Å². The molecule has 1 saturated heterocycles. The molecule has 1 N–H and O–H groups in total. The number of nitrogens with one attached hydrogen (secondary N) is 1. The van der Waals surface area contributed by atoms with E-state index >= 15 is 4.39 Å². The van der Waals surface area contributed by atoms with Gasteiger partial charge >= 0.3 is 5.56 Å². The highest BCUT2D eigenvalue weighted by Crippen LogP contribution is 2.40. The summed E-state index contributed by atoms with van der Waals surface area (Å²) in [5.41, 5.74) is -3.36. The number of amides is 2. The van der Waals surface area contributed by atoms with Crippen LogP contribution in [0.15, 0.2) is 47.4 Å². The number of fused-ring (bicyclic) bond motifs is 1. The number of pyridine rings is 1. The quantitative estimate of drug-likeness (QED) is 0.300. The molecule has 2 amide bonds. The van der Waals surface area contributed by atoms with E-state index in [4.69, 9.17) is 17.0 Å². The molecule has 4 rings (SSSR count). The number of hydrogen-bond donors (Lipinski definition) is 1. The first-order chi connectivity index (χ1) is 20.2. The first-order valence-corrected chi connectivity index (χ1v) is 13.5. The molecule has 0 aliphatic carbocycles. The van der Waals surface area contributed by atoms with Gasteiger partial charge in [-0.15, -0.1) is 0 Å². The van der Waals surface area contributed by atoms with E-state index < -0.39 is 46.8 Å². The van der Waals surface area contributed by atoms with Crippen molar-refractivity contribution in [1.82, 2.24) is 14.7 Å². The predicted molar refractivity (Wildman–Crippen MR) is 157 cm³/mol. The Kier molecular flexibility index (Phi) is 8.33. The number of thiocarbonyl (C=S) groups is 1. The average molecular weight is 613 g/mol. The van der Waals surface area contributed by atoms with Gasteiger partial charge in [-0.3, -0.25) is 23.7 Å². The number of carbonyl (C=O) groups excluding carboxylic acids is 2. The summed E-state index contributed by atoms with van der Waals surface area (Å²) in [4.78, 5) is 45.4. The molecule has 14 heteroatoms. The summed E-state index contributed by atoms with van der Waals surface area (Å²) in [6.45, 7) is 5.63. The molecular weight excluding hydrogens is 585 g/mol. The highest BCUT2D eigenvalue weighted by Gasteiger charge is 2.51.